The first-order chi connectivity index (χ1) is 6.96. The van der Waals surface area contributed by atoms with Crippen LogP contribution in [0.3, 0.4) is 0 Å². The summed E-state index contributed by atoms with van der Waals surface area (Å²) < 4.78 is 41.4. The number of rotatable bonds is 2. The Morgan fingerprint density at radius 3 is 2.80 bits per heavy atom. The lowest BCUT2D eigenvalue weighted by Gasteiger charge is -2.36. The largest absolute Gasteiger partial charge is 0.471 e. The van der Waals surface area contributed by atoms with Gasteiger partial charge in [-0.1, -0.05) is 0 Å². The highest BCUT2D eigenvalue weighted by Crippen LogP contribution is 2.20. The van der Waals surface area contributed by atoms with Crippen molar-refractivity contribution in [3.63, 3.8) is 0 Å². The smallest absolute Gasteiger partial charge is 0.382 e. The van der Waals surface area contributed by atoms with Crippen molar-refractivity contribution in [1.82, 2.24) is 10.2 Å². The van der Waals surface area contributed by atoms with Gasteiger partial charge in [-0.3, -0.25) is 4.79 Å². The second-order valence-electron chi connectivity index (χ2n) is 3.31. The van der Waals surface area contributed by atoms with Gasteiger partial charge in [0.2, 0.25) is 0 Å². The van der Waals surface area contributed by atoms with Crippen LogP contribution in [0.5, 0.6) is 0 Å². The van der Waals surface area contributed by atoms with Crippen molar-refractivity contribution in [1.29, 1.82) is 0 Å². The van der Waals surface area contributed by atoms with Crippen LogP contribution in [0, 0.1) is 0 Å². The maximum atomic E-state index is 12.2. The van der Waals surface area contributed by atoms with Gasteiger partial charge in [-0.2, -0.15) is 13.2 Å². The fourth-order valence-corrected chi connectivity index (χ4v) is 1.53. The Balaban J connectivity index is 2.67. The van der Waals surface area contributed by atoms with Gasteiger partial charge in [0.25, 0.3) is 0 Å². The molecule has 1 aliphatic rings. The molecule has 1 heterocycles. The second-order valence-corrected chi connectivity index (χ2v) is 3.31. The number of nitrogens with zero attached hydrogens (tertiary/aromatic N) is 1. The Morgan fingerprint density at radius 2 is 2.27 bits per heavy atom. The Morgan fingerprint density at radius 1 is 1.60 bits per heavy atom. The Bertz CT molecular complexity index is 230. The number of halogens is 3. The molecule has 0 aromatic heterocycles. The summed E-state index contributed by atoms with van der Waals surface area (Å²) in [5.74, 6) is -1.79. The van der Waals surface area contributed by atoms with Crippen LogP contribution in [0.4, 0.5) is 13.2 Å². The quantitative estimate of drug-likeness (QED) is 0.720. The molecule has 0 radical (unpaired) electrons. The van der Waals surface area contributed by atoms with Crippen LogP contribution in [0.1, 0.15) is 0 Å². The van der Waals surface area contributed by atoms with Crippen LogP contribution >= 0.6 is 0 Å². The van der Waals surface area contributed by atoms with E-state index in [1.807, 2.05) is 0 Å². The Hall–Kier alpha value is -0.820. The van der Waals surface area contributed by atoms with E-state index in [4.69, 9.17) is 4.74 Å². The molecule has 1 unspecified atom stereocenters. The number of hydrogen-bond acceptors (Lipinski definition) is 3. The highest BCUT2D eigenvalue weighted by atomic mass is 19.4. The number of carbonyl (C=O) groups excluding carboxylic acids is 1. The second kappa shape index (κ2) is 4.80. The highest BCUT2D eigenvalue weighted by molar-refractivity contribution is 5.82. The van der Waals surface area contributed by atoms with Crippen molar-refractivity contribution in [3.05, 3.63) is 0 Å². The summed E-state index contributed by atoms with van der Waals surface area (Å²) in [4.78, 5) is 11.8. The lowest BCUT2D eigenvalue weighted by molar-refractivity contribution is -0.189. The monoisotopic (exact) mass is 226 g/mol. The summed E-state index contributed by atoms with van der Waals surface area (Å²) in [6, 6.07) is -0.544. The van der Waals surface area contributed by atoms with E-state index in [-0.39, 0.29) is 13.2 Å². The topological polar surface area (TPSA) is 41.6 Å². The number of alkyl halides is 3. The van der Waals surface area contributed by atoms with Crippen LogP contribution in [-0.2, 0) is 9.53 Å². The minimum atomic E-state index is -4.80. The summed E-state index contributed by atoms with van der Waals surface area (Å²) in [6.45, 7) is 0.874. The minimum Gasteiger partial charge on any atom is -0.382 e. The number of nitrogens with one attached hydrogen (secondary N) is 1. The maximum Gasteiger partial charge on any atom is 0.471 e. The van der Waals surface area contributed by atoms with Gasteiger partial charge in [-0.15, -0.1) is 0 Å². The van der Waals surface area contributed by atoms with E-state index < -0.39 is 18.1 Å². The molecule has 1 amide bonds. The fourth-order valence-electron chi connectivity index (χ4n) is 1.53. The number of ether oxygens (including phenoxy) is 1. The normalized spacial score (nSPS) is 22.9. The van der Waals surface area contributed by atoms with Crippen LogP contribution < -0.4 is 5.32 Å². The molecule has 1 fully saturated rings. The molecule has 1 N–H and O–H groups in total. The first kappa shape index (κ1) is 12.3. The first-order valence-electron chi connectivity index (χ1n) is 4.54. The predicted molar refractivity (Wildman–Crippen MR) is 46.3 cm³/mol. The zero-order chi connectivity index (χ0) is 11.5. The number of piperazine rings is 1. The summed E-state index contributed by atoms with van der Waals surface area (Å²) in [5, 5.41) is 2.91. The van der Waals surface area contributed by atoms with Crippen LogP contribution in [-0.4, -0.2) is 56.4 Å². The SMILES string of the molecule is COCC1CNCCN1C(=O)C(F)(F)F. The highest BCUT2D eigenvalue weighted by Gasteiger charge is 2.45. The molecule has 1 rings (SSSR count). The van der Waals surface area contributed by atoms with Crippen molar-refractivity contribution < 1.29 is 22.7 Å². The molecular weight excluding hydrogens is 213 g/mol. The number of methoxy groups -OCH3 is 1. The van der Waals surface area contributed by atoms with Gasteiger partial charge in [0.1, 0.15) is 0 Å². The van der Waals surface area contributed by atoms with Gasteiger partial charge in [0.15, 0.2) is 0 Å². The van der Waals surface area contributed by atoms with E-state index in [0.717, 1.165) is 4.90 Å². The summed E-state index contributed by atoms with van der Waals surface area (Å²) >= 11 is 0. The van der Waals surface area contributed by atoms with Crippen molar-refractivity contribution in [2.75, 3.05) is 33.4 Å². The maximum absolute atomic E-state index is 12.2. The number of hydrogen-bond donors (Lipinski definition) is 1. The lowest BCUT2D eigenvalue weighted by atomic mass is 10.2. The van der Waals surface area contributed by atoms with Crippen molar-refractivity contribution in [3.8, 4) is 0 Å². The van der Waals surface area contributed by atoms with Gasteiger partial charge in [-0.05, 0) is 0 Å². The number of carbonyl (C=O) groups is 1. The Labute approximate surface area is 85.4 Å². The van der Waals surface area contributed by atoms with Gasteiger partial charge in [-0.25, -0.2) is 0 Å². The average Bonchev–Trinajstić information content (AvgIpc) is 2.17. The van der Waals surface area contributed by atoms with Crippen molar-refractivity contribution in [2.45, 2.75) is 12.2 Å². The molecule has 0 aromatic carbocycles. The molecule has 4 nitrogen and oxygen atoms in total. The molecule has 0 spiro atoms. The molecule has 88 valence electrons. The van der Waals surface area contributed by atoms with Crippen LogP contribution in [0.15, 0.2) is 0 Å². The standard InChI is InChI=1S/C8H13F3N2O2/c1-15-5-6-4-12-2-3-13(6)7(14)8(9,10)11/h6,12H,2-5H2,1H3. The lowest BCUT2D eigenvalue weighted by Crippen LogP contribution is -2.58. The molecule has 0 saturated carbocycles. The predicted octanol–water partition coefficient (Wildman–Crippen LogP) is -0.00450. The van der Waals surface area contributed by atoms with Crippen molar-refractivity contribution in [2.24, 2.45) is 0 Å². The van der Waals surface area contributed by atoms with E-state index >= 15 is 0 Å². The summed E-state index contributed by atoms with van der Waals surface area (Å²) in [7, 11) is 1.39. The van der Waals surface area contributed by atoms with Crippen LogP contribution in [0.25, 0.3) is 0 Å². The van der Waals surface area contributed by atoms with Gasteiger partial charge < -0.3 is 15.0 Å². The third-order valence-electron chi connectivity index (χ3n) is 2.21. The molecular formula is C8H13F3N2O2. The molecule has 1 atom stereocenters. The molecule has 0 bridgehead atoms. The zero-order valence-corrected chi connectivity index (χ0v) is 8.30. The third-order valence-corrected chi connectivity index (χ3v) is 2.21. The molecule has 1 aliphatic heterocycles. The molecule has 0 aliphatic carbocycles. The fraction of sp³-hybridized carbons (Fsp3) is 0.875. The minimum absolute atomic E-state index is 0.0619. The van der Waals surface area contributed by atoms with E-state index in [9.17, 15) is 18.0 Å². The Kier molecular flexibility index (Phi) is 3.92. The molecule has 0 aromatic rings. The molecule has 7 heteroatoms. The first-order valence-corrected chi connectivity index (χ1v) is 4.54. The number of amides is 1. The molecule has 1 saturated heterocycles. The van der Waals surface area contributed by atoms with Gasteiger partial charge >= 0.3 is 12.1 Å². The van der Waals surface area contributed by atoms with E-state index in [2.05, 4.69) is 5.32 Å². The van der Waals surface area contributed by atoms with E-state index in [1.54, 1.807) is 0 Å². The molecule has 15 heavy (non-hydrogen) atoms. The third kappa shape index (κ3) is 3.07. The van der Waals surface area contributed by atoms with Gasteiger partial charge in [0.05, 0.1) is 12.6 Å². The summed E-state index contributed by atoms with van der Waals surface area (Å²) in [5.41, 5.74) is 0. The van der Waals surface area contributed by atoms with Crippen LogP contribution in [0.2, 0.25) is 0 Å². The zero-order valence-electron chi connectivity index (χ0n) is 8.30. The van der Waals surface area contributed by atoms with E-state index in [1.165, 1.54) is 7.11 Å². The van der Waals surface area contributed by atoms with E-state index in [0.29, 0.717) is 13.1 Å². The summed E-state index contributed by atoms with van der Waals surface area (Å²) in [6.07, 6.45) is -4.80. The van der Waals surface area contributed by atoms with Gasteiger partial charge in [0, 0.05) is 26.7 Å². The average molecular weight is 226 g/mol. The van der Waals surface area contributed by atoms with Crippen molar-refractivity contribution >= 4 is 5.91 Å².